The normalized spacial score (nSPS) is 10.9. The van der Waals surface area contributed by atoms with Crippen LogP contribution in [0.2, 0.25) is 0 Å². The van der Waals surface area contributed by atoms with Crippen molar-refractivity contribution in [3.8, 4) is 11.1 Å². The van der Waals surface area contributed by atoms with E-state index < -0.39 is 0 Å². The van der Waals surface area contributed by atoms with E-state index in [1.165, 1.54) is 33.4 Å². The van der Waals surface area contributed by atoms with Gasteiger partial charge in [0.05, 0.1) is 11.4 Å². The highest BCUT2D eigenvalue weighted by Crippen LogP contribution is 2.50. The van der Waals surface area contributed by atoms with Gasteiger partial charge < -0.3 is 9.80 Å². The molecule has 0 saturated carbocycles. The van der Waals surface area contributed by atoms with Crippen LogP contribution in [0.25, 0.3) is 11.1 Å². The molecule has 42 heavy (non-hydrogen) atoms. The molecule has 6 aromatic rings. The summed E-state index contributed by atoms with van der Waals surface area (Å²) < 4.78 is 0. The standard InChI is InChI=1S/C40H36N2/c1-29-13-21-34(22-14-29)41(35-23-15-30(2)16-24-35)39-12-8-11-38(33-9-6-5-7-10-33)40(39)42(36-25-17-31(3)18-26-36)37-27-19-32(4)20-28-37/h5-28H,1-4H3. The molecule has 0 aliphatic carbocycles. The van der Waals surface area contributed by atoms with E-state index in [4.69, 9.17) is 0 Å². The van der Waals surface area contributed by atoms with Gasteiger partial charge in [0.1, 0.15) is 0 Å². The Labute approximate surface area is 250 Å². The van der Waals surface area contributed by atoms with Crippen LogP contribution in [0.5, 0.6) is 0 Å². The molecule has 0 atom stereocenters. The second-order valence-corrected chi connectivity index (χ2v) is 11.1. The minimum atomic E-state index is 1.10. The van der Waals surface area contributed by atoms with Crippen molar-refractivity contribution >= 4 is 34.1 Å². The topological polar surface area (TPSA) is 6.48 Å². The van der Waals surface area contributed by atoms with Crippen molar-refractivity contribution in [2.45, 2.75) is 27.7 Å². The molecule has 206 valence electrons. The van der Waals surface area contributed by atoms with Crippen molar-refractivity contribution in [2.24, 2.45) is 0 Å². The molecule has 0 aliphatic heterocycles. The fourth-order valence-corrected chi connectivity index (χ4v) is 5.41. The van der Waals surface area contributed by atoms with Gasteiger partial charge in [0, 0.05) is 28.3 Å². The van der Waals surface area contributed by atoms with Gasteiger partial charge in [-0.1, -0.05) is 113 Å². The molecule has 2 nitrogen and oxygen atoms in total. The highest BCUT2D eigenvalue weighted by atomic mass is 15.2. The maximum absolute atomic E-state index is 2.41. The summed E-state index contributed by atoms with van der Waals surface area (Å²) in [7, 11) is 0. The lowest BCUT2D eigenvalue weighted by molar-refractivity contribution is 1.22. The van der Waals surface area contributed by atoms with Crippen LogP contribution in [0.1, 0.15) is 22.3 Å². The minimum absolute atomic E-state index is 1.10. The lowest BCUT2D eigenvalue weighted by Gasteiger charge is -2.35. The minimum Gasteiger partial charge on any atom is -0.308 e. The molecule has 0 aromatic heterocycles. The van der Waals surface area contributed by atoms with E-state index in [2.05, 4.69) is 183 Å². The van der Waals surface area contributed by atoms with Crippen molar-refractivity contribution < 1.29 is 0 Å². The van der Waals surface area contributed by atoms with Crippen molar-refractivity contribution in [1.29, 1.82) is 0 Å². The molecule has 0 radical (unpaired) electrons. The van der Waals surface area contributed by atoms with Crippen molar-refractivity contribution in [1.82, 2.24) is 0 Å². The molecule has 6 rings (SSSR count). The first-order chi connectivity index (χ1) is 20.5. The number of anilines is 6. The third-order valence-electron chi connectivity index (χ3n) is 7.73. The van der Waals surface area contributed by atoms with Gasteiger partial charge in [0.25, 0.3) is 0 Å². The molecular weight excluding hydrogens is 508 g/mol. The Morgan fingerprint density at radius 2 is 0.714 bits per heavy atom. The van der Waals surface area contributed by atoms with Crippen LogP contribution in [0.3, 0.4) is 0 Å². The number of benzene rings is 6. The summed E-state index contributed by atoms with van der Waals surface area (Å²) in [5.74, 6) is 0. The summed E-state index contributed by atoms with van der Waals surface area (Å²) in [5.41, 5.74) is 14.0. The first-order valence-electron chi connectivity index (χ1n) is 14.5. The van der Waals surface area contributed by atoms with Gasteiger partial charge in [-0.3, -0.25) is 0 Å². The van der Waals surface area contributed by atoms with Crippen LogP contribution >= 0.6 is 0 Å². The fraction of sp³-hybridized carbons (Fsp3) is 0.100. The summed E-state index contributed by atoms with van der Waals surface area (Å²) in [4.78, 5) is 4.79. The SMILES string of the molecule is Cc1ccc(N(c2ccc(C)cc2)c2cccc(-c3ccccc3)c2N(c2ccc(C)cc2)c2ccc(C)cc2)cc1. The quantitative estimate of drug-likeness (QED) is 0.197. The Hall–Kier alpha value is -5.08. The summed E-state index contributed by atoms with van der Waals surface area (Å²) in [5, 5.41) is 0. The number of hydrogen-bond acceptors (Lipinski definition) is 2. The number of rotatable bonds is 7. The van der Waals surface area contributed by atoms with Crippen molar-refractivity contribution in [3.05, 3.63) is 168 Å². The molecule has 0 unspecified atom stereocenters. The lowest BCUT2D eigenvalue weighted by Crippen LogP contribution is -2.18. The van der Waals surface area contributed by atoms with Gasteiger partial charge in [0.15, 0.2) is 0 Å². The third-order valence-corrected chi connectivity index (χ3v) is 7.73. The number of nitrogens with zero attached hydrogens (tertiary/aromatic N) is 2. The van der Waals surface area contributed by atoms with Crippen LogP contribution in [-0.4, -0.2) is 0 Å². The zero-order valence-electron chi connectivity index (χ0n) is 24.8. The van der Waals surface area contributed by atoms with E-state index in [0.717, 1.165) is 34.1 Å². The van der Waals surface area contributed by atoms with Crippen LogP contribution in [0.4, 0.5) is 34.1 Å². The van der Waals surface area contributed by atoms with Crippen molar-refractivity contribution in [2.75, 3.05) is 9.80 Å². The van der Waals surface area contributed by atoms with E-state index in [-0.39, 0.29) is 0 Å². The maximum Gasteiger partial charge on any atom is 0.0781 e. The average Bonchev–Trinajstić information content (AvgIpc) is 3.02. The molecule has 0 spiro atoms. The monoisotopic (exact) mass is 544 g/mol. The Kier molecular flexibility index (Phi) is 7.62. The average molecular weight is 545 g/mol. The van der Waals surface area contributed by atoms with Gasteiger partial charge in [0.2, 0.25) is 0 Å². The molecule has 0 amide bonds. The summed E-state index contributed by atoms with van der Waals surface area (Å²) in [6.45, 7) is 8.55. The zero-order valence-corrected chi connectivity index (χ0v) is 24.8. The van der Waals surface area contributed by atoms with E-state index in [9.17, 15) is 0 Å². The lowest BCUT2D eigenvalue weighted by atomic mass is 9.98. The van der Waals surface area contributed by atoms with E-state index in [0.29, 0.717) is 0 Å². The van der Waals surface area contributed by atoms with Crippen LogP contribution in [0, 0.1) is 27.7 Å². The molecular formula is C40H36N2. The molecule has 0 saturated heterocycles. The Balaban J connectivity index is 1.70. The highest BCUT2D eigenvalue weighted by Gasteiger charge is 2.25. The van der Waals surface area contributed by atoms with E-state index >= 15 is 0 Å². The van der Waals surface area contributed by atoms with Gasteiger partial charge in [-0.25, -0.2) is 0 Å². The predicted molar refractivity (Wildman–Crippen MR) is 180 cm³/mol. The molecule has 0 aliphatic rings. The number of para-hydroxylation sites is 1. The summed E-state index contributed by atoms with van der Waals surface area (Å²) in [6, 6.07) is 52.7. The first kappa shape index (κ1) is 27.1. The number of aryl methyl sites for hydroxylation is 4. The molecule has 0 N–H and O–H groups in total. The van der Waals surface area contributed by atoms with Gasteiger partial charge in [-0.05, 0) is 87.9 Å². The molecule has 0 fully saturated rings. The second-order valence-electron chi connectivity index (χ2n) is 11.1. The first-order valence-corrected chi connectivity index (χ1v) is 14.5. The zero-order chi connectivity index (χ0) is 29.1. The molecule has 0 heterocycles. The van der Waals surface area contributed by atoms with Gasteiger partial charge in [-0.15, -0.1) is 0 Å². The van der Waals surface area contributed by atoms with Crippen LogP contribution in [0.15, 0.2) is 146 Å². The number of hydrogen-bond donors (Lipinski definition) is 0. The highest BCUT2D eigenvalue weighted by molar-refractivity contribution is 5.99. The Morgan fingerprint density at radius 3 is 1.12 bits per heavy atom. The largest absolute Gasteiger partial charge is 0.308 e. The Morgan fingerprint density at radius 1 is 0.333 bits per heavy atom. The predicted octanol–water partition coefficient (Wildman–Crippen LogP) is 11.5. The molecule has 2 heteroatoms. The molecule has 6 aromatic carbocycles. The fourth-order valence-electron chi connectivity index (χ4n) is 5.41. The van der Waals surface area contributed by atoms with E-state index in [1.807, 2.05) is 0 Å². The maximum atomic E-state index is 2.41. The van der Waals surface area contributed by atoms with Crippen molar-refractivity contribution in [3.63, 3.8) is 0 Å². The van der Waals surface area contributed by atoms with Gasteiger partial charge in [-0.2, -0.15) is 0 Å². The smallest absolute Gasteiger partial charge is 0.0781 e. The summed E-state index contributed by atoms with van der Waals surface area (Å²) in [6.07, 6.45) is 0. The summed E-state index contributed by atoms with van der Waals surface area (Å²) >= 11 is 0. The van der Waals surface area contributed by atoms with E-state index in [1.54, 1.807) is 0 Å². The Bertz CT molecular complexity index is 1680. The molecule has 0 bridgehead atoms. The van der Waals surface area contributed by atoms with Gasteiger partial charge >= 0.3 is 0 Å². The van der Waals surface area contributed by atoms with Crippen LogP contribution in [-0.2, 0) is 0 Å². The van der Waals surface area contributed by atoms with Crippen LogP contribution < -0.4 is 9.80 Å². The second kappa shape index (κ2) is 11.8. The third kappa shape index (κ3) is 5.57.